The number of carbonyl (C=O) groups excluding carboxylic acids is 1. The summed E-state index contributed by atoms with van der Waals surface area (Å²) < 4.78 is 1.26. The normalized spacial score (nSPS) is 20.8. The smallest absolute Gasteiger partial charge is 0.227 e. The van der Waals surface area contributed by atoms with Gasteiger partial charge in [0.05, 0.1) is 6.42 Å². The van der Waals surface area contributed by atoms with Gasteiger partial charge in [-0.15, -0.1) is 17.9 Å². The highest BCUT2D eigenvalue weighted by Gasteiger charge is 2.37. The Hall–Kier alpha value is -1.65. The fourth-order valence-corrected chi connectivity index (χ4v) is 5.08. The minimum atomic E-state index is -0.0770. The zero-order chi connectivity index (χ0) is 19.6. The Balaban J connectivity index is 1.78. The van der Waals surface area contributed by atoms with Gasteiger partial charge in [0.25, 0.3) is 0 Å². The van der Waals surface area contributed by atoms with Crippen LogP contribution in [0.5, 0.6) is 0 Å². The zero-order valence-corrected chi connectivity index (χ0v) is 17.9. The molecule has 0 bridgehead atoms. The summed E-state index contributed by atoms with van der Waals surface area (Å²) in [4.78, 5) is 17.6. The fraction of sp³-hybridized carbons (Fsp3) is 0.522. The molecule has 2 atom stereocenters. The highest BCUT2D eigenvalue weighted by atomic mass is 32.1. The summed E-state index contributed by atoms with van der Waals surface area (Å²) in [5.74, 6) is 0.218. The predicted octanol–water partition coefficient (Wildman–Crippen LogP) is 5.11. The summed E-state index contributed by atoms with van der Waals surface area (Å²) in [6.45, 7) is 8.41. The van der Waals surface area contributed by atoms with E-state index in [-0.39, 0.29) is 17.5 Å². The lowest BCUT2D eigenvalue weighted by molar-refractivity contribution is -0.133. The topological polar surface area (TPSA) is 23.6 Å². The standard InChI is InChI=1S/C23H32N2OS/c1-6-23(2,3)25(5)20-12-8-7-11-19(20)24(4)22(26)16-17-10-9-13-21-18(17)14-15-27-21/h6,9-10,13-15,19-20H,1,7-8,11-12,16H2,2-5H3/t19-,20-/m1/s1. The molecule has 0 radical (unpaired) electrons. The van der Waals surface area contributed by atoms with Gasteiger partial charge in [-0.25, -0.2) is 0 Å². The Morgan fingerprint density at radius 2 is 1.93 bits per heavy atom. The molecule has 1 heterocycles. The number of benzene rings is 1. The molecule has 0 spiro atoms. The van der Waals surface area contributed by atoms with Gasteiger partial charge < -0.3 is 4.90 Å². The number of fused-ring (bicyclic) bond motifs is 1. The Kier molecular flexibility index (Phi) is 6.07. The Labute approximate surface area is 167 Å². The number of hydrogen-bond donors (Lipinski definition) is 0. The van der Waals surface area contributed by atoms with Crippen molar-refractivity contribution in [2.24, 2.45) is 0 Å². The van der Waals surface area contributed by atoms with Gasteiger partial charge in [0.2, 0.25) is 5.91 Å². The molecule has 2 aromatic rings. The highest BCUT2D eigenvalue weighted by Crippen LogP contribution is 2.31. The van der Waals surface area contributed by atoms with E-state index in [4.69, 9.17) is 0 Å². The number of amides is 1. The van der Waals surface area contributed by atoms with Crippen molar-refractivity contribution in [3.8, 4) is 0 Å². The SMILES string of the molecule is C=CC(C)(C)N(C)[C@@H]1CCCC[C@H]1N(C)C(=O)Cc1cccc2sccc12. The van der Waals surface area contributed by atoms with Gasteiger partial charge in [-0.05, 0) is 62.2 Å². The molecule has 146 valence electrons. The number of nitrogens with zero attached hydrogens (tertiary/aromatic N) is 2. The van der Waals surface area contributed by atoms with Crippen LogP contribution in [0.3, 0.4) is 0 Å². The minimum absolute atomic E-state index is 0.0770. The summed E-state index contributed by atoms with van der Waals surface area (Å²) in [5.41, 5.74) is 1.06. The van der Waals surface area contributed by atoms with Gasteiger partial charge in [-0.1, -0.05) is 31.1 Å². The van der Waals surface area contributed by atoms with Crippen LogP contribution in [0.4, 0.5) is 0 Å². The lowest BCUT2D eigenvalue weighted by Crippen LogP contribution is -2.57. The van der Waals surface area contributed by atoms with Gasteiger partial charge in [-0.2, -0.15) is 0 Å². The van der Waals surface area contributed by atoms with Crippen LogP contribution in [0.2, 0.25) is 0 Å². The average Bonchev–Trinajstić information content (AvgIpc) is 3.16. The van der Waals surface area contributed by atoms with Crippen LogP contribution in [0.25, 0.3) is 10.1 Å². The van der Waals surface area contributed by atoms with Crippen LogP contribution in [0.15, 0.2) is 42.3 Å². The minimum Gasteiger partial charge on any atom is -0.341 e. The lowest BCUT2D eigenvalue weighted by Gasteiger charge is -2.47. The first kappa shape index (κ1) is 20.1. The van der Waals surface area contributed by atoms with Crippen molar-refractivity contribution in [2.45, 2.75) is 63.6 Å². The van der Waals surface area contributed by atoms with E-state index in [0.29, 0.717) is 12.5 Å². The predicted molar refractivity (Wildman–Crippen MR) is 116 cm³/mol. The number of carbonyl (C=O) groups is 1. The second-order valence-electron chi connectivity index (χ2n) is 8.32. The third-order valence-electron chi connectivity index (χ3n) is 6.42. The maximum Gasteiger partial charge on any atom is 0.227 e. The van der Waals surface area contributed by atoms with Crippen LogP contribution in [0.1, 0.15) is 45.1 Å². The van der Waals surface area contributed by atoms with E-state index in [2.05, 4.69) is 62.0 Å². The van der Waals surface area contributed by atoms with E-state index in [0.717, 1.165) is 18.4 Å². The maximum absolute atomic E-state index is 13.2. The van der Waals surface area contributed by atoms with Crippen LogP contribution >= 0.6 is 11.3 Å². The monoisotopic (exact) mass is 384 g/mol. The van der Waals surface area contributed by atoms with E-state index < -0.39 is 0 Å². The quantitative estimate of drug-likeness (QED) is 0.646. The summed E-state index contributed by atoms with van der Waals surface area (Å²) in [6, 6.07) is 9.04. The van der Waals surface area contributed by atoms with Gasteiger partial charge in [0, 0.05) is 29.4 Å². The summed E-state index contributed by atoms with van der Waals surface area (Å²) in [6.07, 6.45) is 7.12. The van der Waals surface area contributed by atoms with Crippen LogP contribution in [-0.4, -0.2) is 47.4 Å². The largest absolute Gasteiger partial charge is 0.341 e. The third-order valence-corrected chi connectivity index (χ3v) is 7.30. The van der Waals surface area contributed by atoms with Gasteiger partial charge in [-0.3, -0.25) is 9.69 Å². The van der Waals surface area contributed by atoms with Crippen molar-refractivity contribution in [1.29, 1.82) is 0 Å². The second kappa shape index (κ2) is 8.15. The summed E-state index contributed by atoms with van der Waals surface area (Å²) in [5, 5.41) is 3.32. The molecule has 0 aliphatic heterocycles. The van der Waals surface area contributed by atoms with E-state index >= 15 is 0 Å². The molecular weight excluding hydrogens is 352 g/mol. The Bertz CT molecular complexity index is 810. The molecule has 0 saturated heterocycles. The molecule has 1 fully saturated rings. The van der Waals surface area contributed by atoms with Crippen molar-refractivity contribution in [3.05, 3.63) is 47.9 Å². The van der Waals surface area contributed by atoms with Crippen molar-refractivity contribution in [1.82, 2.24) is 9.80 Å². The van der Waals surface area contributed by atoms with Crippen molar-refractivity contribution < 1.29 is 4.79 Å². The van der Waals surface area contributed by atoms with Gasteiger partial charge in [0.1, 0.15) is 0 Å². The third kappa shape index (κ3) is 4.12. The molecule has 1 aliphatic carbocycles. The molecule has 0 N–H and O–H groups in total. The first-order valence-corrected chi connectivity index (χ1v) is 10.8. The Morgan fingerprint density at radius 3 is 2.63 bits per heavy atom. The van der Waals surface area contributed by atoms with Crippen LogP contribution < -0.4 is 0 Å². The molecule has 27 heavy (non-hydrogen) atoms. The molecule has 4 heteroatoms. The maximum atomic E-state index is 13.2. The van der Waals surface area contributed by atoms with E-state index in [9.17, 15) is 4.79 Å². The molecule has 3 nitrogen and oxygen atoms in total. The van der Waals surface area contributed by atoms with E-state index in [1.165, 1.54) is 22.9 Å². The average molecular weight is 385 g/mol. The zero-order valence-electron chi connectivity index (χ0n) is 17.1. The fourth-order valence-electron chi connectivity index (χ4n) is 4.25. The van der Waals surface area contributed by atoms with Crippen LogP contribution in [0, 0.1) is 0 Å². The molecule has 1 aliphatic rings. The highest BCUT2D eigenvalue weighted by molar-refractivity contribution is 7.17. The molecular formula is C23H32N2OS. The van der Waals surface area contributed by atoms with Crippen molar-refractivity contribution in [2.75, 3.05) is 14.1 Å². The van der Waals surface area contributed by atoms with Gasteiger partial charge >= 0.3 is 0 Å². The molecule has 1 amide bonds. The van der Waals surface area contributed by atoms with E-state index in [1.807, 2.05) is 18.0 Å². The first-order chi connectivity index (χ1) is 12.8. The molecule has 1 aromatic heterocycles. The van der Waals surface area contributed by atoms with Crippen LogP contribution in [-0.2, 0) is 11.2 Å². The molecule has 1 saturated carbocycles. The summed E-state index contributed by atoms with van der Waals surface area (Å²) in [7, 11) is 4.17. The van der Waals surface area contributed by atoms with Crippen molar-refractivity contribution in [3.63, 3.8) is 0 Å². The molecule has 3 rings (SSSR count). The number of hydrogen-bond acceptors (Lipinski definition) is 3. The second-order valence-corrected chi connectivity index (χ2v) is 9.27. The number of thiophene rings is 1. The first-order valence-electron chi connectivity index (χ1n) is 9.92. The van der Waals surface area contributed by atoms with Gasteiger partial charge in [0.15, 0.2) is 0 Å². The Morgan fingerprint density at radius 1 is 1.22 bits per heavy atom. The van der Waals surface area contributed by atoms with Crippen molar-refractivity contribution >= 4 is 27.3 Å². The molecule has 0 unspecified atom stereocenters. The molecule has 1 aromatic carbocycles. The summed E-state index contributed by atoms with van der Waals surface area (Å²) >= 11 is 1.73. The number of rotatable bonds is 6. The number of likely N-dealkylation sites (N-methyl/N-ethyl adjacent to an activating group) is 2. The lowest BCUT2D eigenvalue weighted by atomic mass is 9.85. The van der Waals surface area contributed by atoms with E-state index in [1.54, 1.807) is 11.3 Å².